The second-order valence-electron chi connectivity index (χ2n) is 5.92. The molecule has 0 radical (unpaired) electrons. The van der Waals surface area contributed by atoms with Crippen LogP contribution in [0.2, 0.25) is 5.02 Å². The SMILES string of the molecule is COc1ccc2c(c1[N+](=O)[O-])CCC/C2=N/OC(=O)c1cc(F)c(F)cc1Cl. The fourth-order valence-electron chi connectivity index (χ4n) is 2.99. The molecule has 1 aliphatic carbocycles. The minimum atomic E-state index is -1.25. The minimum absolute atomic E-state index is 0.121. The van der Waals surface area contributed by atoms with E-state index >= 15 is 0 Å². The molecule has 0 atom stereocenters. The smallest absolute Gasteiger partial charge is 0.367 e. The fraction of sp³-hybridized carbons (Fsp3) is 0.222. The topological polar surface area (TPSA) is 91.0 Å². The van der Waals surface area contributed by atoms with Gasteiger partial charge in [0.25, 0.3) is 0 Å². The average molecular weight is 411 g/mol. The molecule has 7 nitrogen and oxygen atoms in total. The van der Waals surface area contributed by atoms with Gasteiger partial charge < -0.3 is 9.57 Å². The zero-order valence-electron chi connectivity index (χ0n) is 14.5. The second-order valence-corrected chi connectivity index (χ2v) is 6.32. The van der Waals surface area contributed by atoms with Crippen LogP contribution in [-0.2, 0) is 11.3 Å². The minimum Gasteiger partial charge on any atom is -0.490 e. The lowest BCUT2D eigenvalue weighted by atomic mass is 9.88. The number of nitrogens with zero attached hydrogens (tertiary/aromatic N) is 2. The third kappa shape index (κ3) is 3.65. The summed E-state index contributed by atoms with van der Waals surface area (Å²) in [4.78, 5) is 27.9. The number of hydrogen-bond acceptors (Lipinski definition) is 6. The Kier molecular flexibility index (Phi) is 5.55. The van der Waals surface area contributed by atoms with Crippen molar-refractivity contribution >= 4 is 29.0 Å². The van der Waals surface area contributed by atoms with Crippen molar-refractivity contribution in [1.82, 2.24) is 0 Å². The predicted octanol–water partition coefficient (Wildman–Crippen LogP) is 4.43. The molecule has 1 aliphatic rings. The zero-order valence-corrected chi connectivity index (χ0v) is 15.3. The standard InChI is InChI=1S/C18H13ClF2N2O5/c1-27-16-6-5-9-10(17(16)23(25)26)3-2-4-15(9)22-28-18(24)11-7-13(20)14(21)8-12(11)19/h5-8H,2-4H2,1H3/b22-15-. The Morgan fingerprint density at radius 3 is 2.64 bits per heavy atom. The Balaban J connectivity index is 1.94. The molecule has 0 heterocycles. The predicted molar refractivity (Wildman–Crippen MR) is 95.9 cm³/mol. The lowest BCUT2D eigenvalue weighted by Gasteiger charge is -2.18. The normalized spacial score (nSPS) is 14.5. The number of methoxy groups -OCH3 is 1. The highest BCUT2D eigenvalue weighted by Gasteiger charge is 2.29. The number of nitro groups is 1. The average Bonchev–Trinajstić information content (AvgIpc) is 2.67. The zero-order chi connectivity index (χ0) is 20.4. The Morgan fingerprint density at radius 2 is 1.96 bits per heavy atom. The summed E-state index contributed by atoms with van der Waals surface area (Å²) in [6, 6.07) is 4.31. The summed E-state index contributed by atoms with van der Waals surface area (Å²) < 4.78 is 31.5. The van der Waals surface area contributed by atoms with Crippen LogP contribution in [0.25, 0.3) is 0 Å². The summed E-state index contributed by atoms with van der Waals surface area (Å²) >= 11 is 5.74. The van der Waals surface area contributed by atoms with Crippen LogP contribution in [0, 0.1) is 21.7 Å². The van der Waals surface area contributed by atoms with Crippen molar-refractivity contribution in [3.63, 3.8) is 0 Å². The Morgan fingerprint density at radius 1 is 1.25 bits per heavy atom. The molecule has 0 N–H and O–H groups in total. The first-order valence-electron chi connectivity index (χ1n) is 8.10. The molecule has 0 unspecified atom stereocenters. The maximum atomic E-state index is 13.4. The summed E-state index contributed by atoms with van der Waals surface area (Å²) in [7, 11) is 1.33. The van der Waals surface area contributed by atoms with Crippen molar-refractivity contribution in [2.45, 2.75) is 19.3 Å². The van der Waals surface area contributed by atoms with Crippen LogP contribution in [0.1, 0.15) is 34.3 Å². The lowest BCUT2D eigenvalue weighted by Crippen LogP contribution is -2.16. The van der Waals surface area contributed by atoms with Crippen molar-refractivity contribution in [1.29, 1.82) is 0 Å². The molecule has 2 aromatic rings. The number of benzene rings is 2. The molecule has 10 heteroatoms. The van der Waals surface area contributed by atoms with Crippen LogP contribution in [0.15, 0.2) is 29.4 Å². The van der Waals surface area contributed by atoms with E-state index < -0.39 is 22.5 Å². The molecule has 0 aromatic heterocycles. The van der Waals surface area contributed by atoms with E-state index in [4.69, 9.17) is 21.2 Å². The summed E-state index contributed by atoms with van der Waals surface area (Å²) in [5, 5.41) is 14.9. The van der Waals surface area contributed by atoms with Gasteiger partial charge in [-0.3, -0.25) is 10.1 Å². The first-order valence-corrected chi connectivity index (χ1v) is 8.48. The Bertz CT molecular complexity index is 1010. The molecule has 0 fully saturated rings. The number of fused-ring (bicyclic) bond motifs is 1. The Labute approximate surface area is 162 Å². The first-order chi connectivity index (χ1) is 13.3. The highest BCUT2D eigenvalue weighted by atomic mass is 35.5. The highest BCUT2D eigenvalue weighted by Crippen LogP contribution is 2.37. The molecular formula is C18H13ClF2N2O5. The number of nitro benzene ring substituents is 1. The van der Waals surface area contributed by atoms with Gasteiger partial charge in [0, 0.05) is 11.1 Å². The quantitative estimate of drug-likeness (QED) is 0.322. The van der Waals surface area contributed by atoms with Gasteiger partial charge in [0.2, 0.25) is 0 Å². The van der Waals surface area contributed by atoms with Crippen LogP contribution >= 0.6 is 11.6 Å². The van der Waals surface area contributed by atoms with E-state index in [0.29, 0.717) is 48.2 Å². The molecule has 0 amide bonds. The molecule has 0 aliphatic heterocycles. The monoisotopic (exact) mass is 410 g/mol. The van der Waals surface area contributed by atoms with E-state index in [-0.39, 0.29) is 22.0 Å². The van der Waals surface area contributed by atoms with Crippen LogP contribution in [-0.4, -0.2) is 23.7 Å². The van der Waals surface area contributed by atoms with Crippen molar-refractivity contribution in [3.05, 3.63) is 67.7 Å². The van der Waals surface area contributed by atoms with Crippen molar-refractivity contribution in [2.75, 3.05) is 7.11 Å². The molecule has 146 valence electrons. The van der Waals surface area contributed by atoms with E-state index in [1.54, 1.807) is 6.07 Å². The number of halogens is 3. The summed E-state index contributed by atoms with van der Waals surface area (Å²) in [6.07, 6.45) is 1.39. The summed E-state index contributed by atoms with van der Waals surface area (Å²) in [5.74, 6) is -3.41. The van der Waals surface area contributed by atoms with Gasteiger partial charge in [0.15, 0.2) is 17.4 Å². The maximum absolute atomic E-state index is 13.4. The number of hydrogen-bond donors (Lipinski definition) is 0. The molecule has 0 bridgehead atoms. The first kappa shape index (κ1) is 19.7. The van der Waals surface area contributed by atoms with Gasteiger partial charge in [-0.2, -0.15) is 0 Å². The highest BCUT2D eigenvalue weighted by molar-refractivity contribution is 6.33. The molecule has 0 saturated heterocycles. The van der Waals surface area contributed by atoms with Crippen LogP contribution in [0.4, 0.5) is 14.5 Å². The number of rotatable bonds is 4. The molecule has 28 heavy (non-hydrogen) atoms. The number of oxime groups is 1. The molecular weight excluding hydrogens is 398 g/mol. The molecule has 3 rings (SSSR count). The van der Waals surface area contributed by atoms with Crippen LogP contribution < -0.4 is 4.74 Å². The molecule has 0 saturated carbocycles. The summed E-state index contributed by atoms with van der Waals surface area (Å²) in [5.41, 5.74) is 0.655. The van der Waals surface area contributed by atoms with Gasteiger partial charge in [-0.15, -0.1) is 0 Å². The van der Waals surface area contributed by atoms with Gasteiger partial charge in [-0.25, -0.2) is 13.6 Å². The lowest BCUT2D eigenvalue weighted by molar-refractivity contribution is -0.386. The number of ether oxygens (including phenoxy) is 1. The van der Waals surface area contributed by atoms with Crippen LogP contribution in [0.5, 0.6) is 5.75 Å². The second kappa shape index (κ2) is 7.89. The molecule has 0 spiro atoms. The Hall–Kier alpha value is -3.07. The summed E-state index contributed by atoms with van der Waals surface area (Å²) in [6.45, 7) is 0. The largest absolute Gasteiger partial charge is 0.490 e. The van der Waals surface area contributed by atoms with Crippen molar-refractivity contribution in [2.24, 2.45) is 5.16 Å². The third-order valence-corrected chi connectivity index (χ3v) is 4.58. The fourth-order valence-corrected chi connectivity index (χ4v) is 3.22. The van der Waals surface area contributed by atoms with Gasteiger partial charge >= 0.3 is 11.7 Å². The van der Waals surface area contributed by atoms with Gasteiger partial charge in [0.1, 0.15) is 0 Å². The van der Waals surface area contributed by atoms with Gasteiger partial charge in [-0.1, -0.05) is 16.8 Å². The number of carbonyl (C=O) groups is 1. The van der Waals surface area contributed by atoms with Crippen molar-refractivity contribution in [3.8, 4) is 5.75 Å². The molecule has 2 aromatic carbocycles. The van der Waals surface area contributed by atoms with Crippen molar-refractivity contribution < 1.29 is 28.1 Å². The third-order valence-electron chi connectivity index (χ3n) is 4.27. The van der Waals surface area contributed by atoms with E-state index in [0.717, 1.165) is 0 Å². The van der Waals surface area contributed by atoms with Gasteiger partial charge in [-0.05, 0) is 43.5 Å². The number of carbonyl (C=O) groups excluding carboxylic acids is 1. The van der Waals surface area contributed by atoms with Gasteiger partial charge in [0.05, 0.1) is 28.3 Å². The van der Waals surface area contributed by atoms with E-state index in [2.05, 4.69) is 5.16 Å². The van der Waals surface area contributed by atoms with E-state index in [1.165, 1.54) is 13.2 Å². The maximum Gasteiger partial charge on any atom is 0.367 e. The van der Waals surface area contributed by atoms with Crippen LogP contribution in [0.3, 0.4) is 0 Å². The van der Waals surface area contributed by atoms with E-state index in [9.17, 15) is 23.7 Å². The van der Waals surface area contributed by atoms with E-state index in [1.807, 2.05) is 0 Å².